The van der Waals surface area contributed by atoms with Gasteiger partial charge in [0.2, 0.25) is 10.0 Å². The zero-order chi connectivity index (χ0) is 21.3. The van der Waals surface area contributed by atoms with Crippen LogP contribution in [0.5, 0.6) is 5.75 Å². The number of nitrogens with one attached hydrogen (secondary N) is 1. The molecule has 1 amide bonds. The zero-order valence-corrected chi connectivity index (χ0v) is 18.6. The molecule has 30 heavy (non-hydrogen) atoms. The molecule has 1 aromatic carbocycles. The first kappa shape index (κ1) is 21.6. The van der Waals surface area contributed by atoms with E-state index in [1.54, 1.807) is 4.90 Å². The molecule has 166 valence electrons. The number of benzene rings is 1. The minimum Gasteiger partial charge on any atom is -0.483 e. The Morgan fingerprint density at radius 1 is 1.13 bits per heavy atom. The van der Waals surface area contributed by atoms with Gasteiger partial charge >= 0.3 is 0 Å². The highest BCUT2D eigenvalue weighted by molar-refractivity contribution is 7.88. The van der Waals surface area contributed by atoms with E-state index in [2.05, 4.69) is 17.7 Å². The SMILES string of the molecule is Cc1ccc2c(c1)C1CCC(CC1)OC[C@H]1C(NS(C)(=O)=O)CCCN1C(=O)CO2. The molecule has 2 bridgehead atoms. The summed E-state index contributed by atoms with van der Waals surface area (Å²) in [6.07, 6.45) is 6.73. The van der Waals surface area contributed by atoms with Crippen LogP contribution in [0.1, 0.15) is 55.6 Å². The van der Waals surface area contributed by atoms with Crippen molar-refractivity contribution in [2.75, 3.05) is 26.0 Å². The van der Waals surface area contributed by atoms with E-state index in [0.717, 1.165) is 44.1 Å². The van der Waals surface area contributed by atoms with Crippen molar-refractivity contribution in [3.63, 3.8) is 0 Å². The molecule has 2 atom stereocenters. The number of hydrogen-bond donors (Lipinski definition) is 1. The normalized spacial score (nSPS) is 30.3. The molecule has 1 aromatic rings. The zero-order valence-electron chi connectivity index (χ0n) is 17.8. The number of piperidine rings is 1. The summed E-state index contributed by atoms with van der Waals surface area (Å²) in [6, 6.07) is 5.52. The lowest BCUT2D eigenvalue weighted by atomic mass is 9.82. The first-order valence-electron chi connectivity index (χ1n) is 10.9. The highest BCUT2D eigenvalue weighted by Crippen LogP contribution is 2.39. The summed E-state index contributed by atoms with van der Waals surface area (Å²) in [5.41, 5.74) is 2.38. The highest BCUT2D eigenvalue weighted by Gasteiger charge is 2.37. The van der Waals surface area contributed by atoms with Gasteiger partial charge in [0.05, 0.1) is 25.0 Å². The summed E-state index contributed by atoms with van der Waals surface area (Å²) < 4.78 is 38.8. The third-order valence-electron chi connectivity index (χ3n) is 6.60. The summed E-state index contributed by atoms with van der Waals surface area (Å²) in [5.74, 6) is 1.08. The van der Waals surface area contributed by atoms with Crippen LogP contribution in [0.25, 0.3) is 0 Å². The Labute approximate surface area is 179 Å². The molecule has 8 heteroatoms. The highest BCUT2D eigenvalue weighted by atomic mass is 32.2. The Hall–Kier alpha value is -1.64. The Morgan fingerprint density at radius 2 is 1.90 bits per heavy atom. The molecule has 1 N–H and O–H groups in total. The van der Waals surface area contributed by atoms with E-state index in [1.807, 2.05) is 12.1 Å². The second-order valence-corrected chi connectivity index (χ2v) is 10.7. The Morgan fingerprint density at radius 3 is 2.63 bits per heavy atom. The number of carbonyl (C=O) groups excluding carboxylic acids is 1. The number of hydrogen-bond acceptors (Lipinski definition) is 5. The first-order valence-corrected chi connectivity index (χ1v) is 12.8. The summed E-state index contributed by atoms with van der Waals surface area (Å²) in [6.45, 7) is 2.97. The predicted molar refractivity (Wildman–Crippen MR) is 114 cm³/mol. The molecule has 0 spiro atoms. The van der Waals surface area contributed by atoms with Gasteiger partial charge in [0.25, 0.3) is 5.91 Å². The minimum absolute atomic E-state index is 0.0473. The molecular formula is C22H32N2O5S. The number of nitrogens with zero attached hydrogens (tertiary/aromatic N) is 1. The molecule has 0 aromatic heterocycles. The smallest absolute Gasteiger partial charge is 0.260 e. The topological polar surface area (TPSA) is 84.9 Å². The number of carbonyl (C=O) groups is 1. The average molecular weight is 437 g/mol. The molecule has 2 fully saturated rings. The van der Waals surface area contributed by atoms with Gasteiger partial charge in [0, 0.05) is 12.6 Å². The van der Waals surface area contributed by atoms with E-state index in [1.165, 1.54) is 11.1 Å². The maximum absolute atomic E-state index is 13.1. The third-order valence-corrected chi connectivity index (χ3v) is 7.33. The van der Waals surface area contributed by atoms with Crippen LogP contribution in [0.15, 0.2) is 18.2 Å². The fraction of sp³-hybridized carbons (Fsp3) is 0.682. The van der Waals surface area contributed by atoms with Crippen molar-refractivity contribution in [2.45, 2.75) is 69.6 Å². The summed E-state index contributed by atoms with van der Waals surface area (Å²) in [5, 5.41) is 0. The maximum atomic E-state index is 13.1. The number of fused-ring (bicyclic) bond motifs is 5. The lowest BCUT2D eigenvalue weighted by molar-refractivity contribution is -0.140. The second-order valence-electron chi connectivity index (χ2n) is 8.93. The summed E-state index contributed by atoms with van der Waals surface area (Å²) in [7, 11) is -3.38. The third kappa shape index (κ3) is 4.98. The van der Waals surface area contributed by atoms with Crippen molar-refractivity contribution in [3.8, 4) is 5.75 Å². The number of sulfonamides is 1. The van der Waals surface area contributed by atoms with Crippen LogP contribution in [0.4, 0.5) is 0 Å². The van der Waals surface area contributed by atoms with Crippen molar-refractivity contribution >= 4 is 15.9 Å². The van der Waals surface area contributed by atoms with Gasteiger partial charge in [-0.2, -0.15) is 0 Å². The average Bonchev–Trinajstić information content (AvgIpc) is 2.71. The molecule has 1 unspecified atom stereocenters. The minimum atomic E-state index is -3.38. The maximum Gasteiger partial charge on any atom is 0.260 e. The van der Waals surface area contributed by atoms with E-state index in [9.17, 15) is 13.2 Å². The van der Waals surface area contributed by atoms with Gasteiger partial charge in [-0.15, -0.1) is 0 Å². The van der Waals surface area contributed by atoms with E-state index in [-0.39, 0.29) is 30.7 Å². The fourth-order valence-electron chi connectivity index (χ4n) is 5.10. The van der Waals surface area contributed by atoms with Crippen LogP contribution in [0.3, 0.4) is 0 Å². The molecule has 1 saturated heterocycles. The fourth-order valence-corrected chi connectivity index (χ4v) is 5.93. The standard InChI is InChI=1S/C22H32N2O5S/c1-15-5-10-21-18(12-15)16-6-8-17(9-7-16)28-13-20-19(23-30(2,26)27)4-3-11-24(20)22(25)14-29-21/h5,10,12,16-17,19-20,23H,3-4,6-9,11,13-14H2,1-2H3/t16?,17?,19?,20-/m0/s1. The molecule has 3 aliphatic heterocycles. The van der Waals surface area contributed by atoms with E-state index >= 15 is 0 Å². The molecule has 4 aliphatic rings. The van der Waals surface area contributed by atoms with Crippen molar-refractivity contribution in [1.29, 1.82) is 0 Å². The van der Waals surface area contributed by atoms with E-state index in [0.29, 0.717) is 25.5 Å². The molecule has 1 aliphatic carbocycles. The number of ether oxygens (including phenoxy) is 2. The molecule has 3 heterocycles. The van der Waals surface area contributed by atoms with Gasteiger partial charge in [0.15, 0.2) is 6.61 Å². The molecule has 0 radical (unpaired) electrons. The van der Waals surface area contributed by atoms with Crippen LogP contribution >= 0.6 is 0 Å². The summed E-state index contributed by atoms with van der Waals surface area (Å²) in [4.78, 5) is 14.8. The van der Waals surface area contributed by atoms with Gasteiger partial charge in [-0.1, -0.05) is 17.7 Å². The van der Waals surface area contributed by atoms with Gasteiger partial charge in [-0.05, 0) is 63.0 Å². The van der Waals surface area contributed by atoms with Gasteiger partial charge in [-0.25, -0.2) is 13.1 Å². The lowest BCUT2D eigenvalue weighted by Gasteiger charge is -2.41. The molecular weight excluding hydrogens is 404 g/mol. The lowest BCUT2D eigenvalue weighted by Crippen LogP contribution is -2.59. The molecule has 1 saturated carbocycles. The van der Waals surface area contributed by atoms with Crippen LogP contribution < -0.4 is 9.46 Å². The Bertz CT molecular complexity index is 880. The van der Waals surface area contributed by atoms with Gasteiger partial charge in [-0.3, -0.25) is 4.79 Å². The number of amides is 1. The van der Waals surface area contributed by atoms with Crippen molar-refractivity contribution in [3.05, 3.63) is 29.3 Å². The quantitative estimate of drug-likeness (QED) is 0.769. The van der Waals surface area contributed by atoms with Gasteiger partial charge < -0.3 is 14.4 Å². The van der Waals surface area contributed by atoms with Crippen molar-refractivity contribution in [1.82, 2.24) is 9.62 Å². The van der Waals surface area contributed by atoms with Crippen LogP contribution in [-0.4, -0.2) is 63.4 Å². The number of rotatable bonds is 2. The van der Waals surface area contributed by atoms with Crippen LogP contribution in [0.2, 0.25) is 0 Å². The predicted octanol–water partition coefficient (Wildman–Crippen LogP) is 2.34. The Kier molecular flexibility index (Phi) is 6.36. The van der Waals surface area contributed by atoms with Crippen molar-refractivity contribution < 1.29 is 22.7 Å². The van der Waals surface area contributed by atoms with Gasteiger partial charge in [0.1, 0.15) is 5.75 Å². The Balaban J connectivity index is 1.62. The van der Waals surface area contributed by atoms with Crippen molar-refractivity contribution in [2.24, 2.45) is 0 Å². The largest absolute Gasteiger partial charge is 0.483 e. The first-order chi connectivity index (χ1) is 14.3. The number of aryl methyl sites for hydroxylation is 1. The molecule has 7 nitrogen and oxygen atoms in total. The monoisotopic (exact) mass is 436 g/mol. The summed E-state index contributed by atoms with van der Waals surface area (Å²) >= 11 is 0. The van der Waals surface area contributed by atoms with Crippen LogP contribution in [0, 0.1) is 6.92 Å². The van der Waals surface area contributed by atoms with E-state index < -0.39 is 10.0 Å². The molecule has 5 rings (SSSR count). The van der Waals surface area contributed by atoms with E-state index in [4.69, 9.17) is 9.47 Å². The second kappa shape index (κ2) is 8.85. The van der Waals surface area contributed by atoms with Crippen LogP contribution in [-0.2, 0) is 19.6 Å².